The van der Waals surface area contributed by atoms with Gasteiger partial charge in [0.15, 0.2) is 5.96 Å². The van der Waals surface area contributed by atoms with Gasteiger partial charge in [-0.1, -0.05) is 12.1 Å². The van der Waals surface area contributed by atoms with E-state index in [1.54, 1.807) is 24.4 Å². The molecule has 1 fully saturated rings. The third-order valence-electron chi connectivity index (χ3n) is 4.44. The van der Waals surface area contributed by atoms with E-state index in [2.05, 4.69) is 20.6 Å². The largest absolute Gasteiger partial charge is 0.439 e. The van der Waals surface area contributed by atoms with E-state index in [-0.39, 0.29) is 11.9 Å². The highest BCUT2D eigenvalue weighted by atomic mass is 19.1. The molecule has 0 bridgehead atoms. The van der Waals surface area contributed by atoms with Crippen molar-refractivity contribution >= 4 is 5.96 Å². The van der Waals surface area contributed by atoms with Gasteiger partial charge in [0, 0.05) is 44.6 Å². The zero-order valence-corrected chi connectivity index (χ0v) is 17.3. The number of hydrogen-bond donors (Lipinski definition) is 2. The lowest BCUT2D eigenvalue weighted by Gasteiger charge is -2.13. The molecule has 3 rings (SSSR count). The van der Waals surface area contributed by atoms with Crippen LogP contribution in [0.25, 0.3) is 0 Å². The molecule has 1 aliphatic rings. The molecule has 1 atom stereocenters. The maximum Gasteiger partial charge on any atom is 0.219 e. The molecule has 0 saturated carbocycles. The van der Waals surface area contributed by atoms with Crippen LogP contribution in [0.5, 0.6) is 11.6 Å². The highest BCUT2D eigenvalue weighted by Crippen LogP contribution is 2.20. The Hall–Kier alpha value is -2.71. The monoisotopic (exact) mass is 416 g/mol. The standard InChI is InChI=1S/C22H29FN4O3/c1-2-24-22(25-10-4-11-29-20-9-12-28-16-20)27-15-17-7-8-21(26-14-17)30-19-6-3-5-18(23)13-19/h3,5-8,13-14,20H,2,4,9-12,15-16H2,1H3,(H2,24,25,27). The first kappa shape index (κ1) is 22.0. The Bertz CT molecular complexity index is 795. The van der Waals surface area contributed by atoms with Gasteiger partial charge >= 0.3 is 0 Å². The zero-order valence-electron chi connectivity index (χ0n) is 17.3. The molecule has 162 valence electrons. The number of ether oxygens (including phenoxy) is 3. The highest BCUT2D eigenvalue weighted by Gasteiger charge is 2.15. The van der Waals surface area contributed by atoms with E-state index in [4.69, 9.17) is 14.2 Å². The lowest BCUT2D eigenvalue weighted by Crippen LogP contribution is -2.38. The van der Waals surface area contributed by atoms with Gasteiger partial charge in [-0.2, -0.15) is 0 Å². The molecule has 2 aromatic rings. The Labute approximate surface area is 176 Å². The summed E-state index contributed by atoms with van der Waals surface area (Å²) in [7, 11) is 0. The molecular weight excluding hydrogens is 387 g/mol. The van der Waals surface area contributed by atoms with E-state index >= 15 is 0 Å². The summed E-state index contributed by atoms with van der Waals surface area (Å²) in [5.41, 5.74) is 0.948. The number of nitrogens with zero attached hydrogens (tertiary/aromatic N) is 2. The van der Waals surface area contributed by atoms with Crippen molar-refractivity contribution in [3.05, 3.63) is 54.0 Å². The summed E-state index contributed by atoms with van der Waals surface area (Å²) in [6.07, 6.45) is 3.83. The van der Waals surface area contributed by atoms with E-state index < -0.39 is 0 Å². The van der Waals surface area contributed by atoms with Crippen LogP contribution in [0, 0.1) is 5.82 Å². The molecule has 1 aliphatic heterocycles. The van der Waals surface area contributed by atoms with Crippen molar-refractivity contribution in [1.82, 2.24) is 15.6 Å². The van der Waals surface area contributed by atoms with Crippen molar-refractivity contribution in [3.8, 4) is 11.6 Å². The first-order chi connectivity index (χ1) is 14.7. The lowest BCUT2D eigenvalue weighted by atomic mass is 10.3. The fourth-order valence-corrected chi connectivity index (χ4v) is 2.90. The topological polar surface area (TPSA) is 77.0 Å². The van der Waals surface area contributed by atoms with Crippen molar-refractivity contribution in [2.75, 3.05) is 32.9 Å². The van der Waals surface area contributed by atoms with Crippen molar-refractivity contribution < 1.29 is 18.6 Å². The van der Waals surface area contributed by atoms with Crippen LogP contribution in [0.15, 0.2) is 47.6 Å². The molecule has 0 aliphatic carbocycles. The van der Waals surface area contributed by atoms with Gasteiger partial charge < -0.3 is 24.8 Å². The summed E-state index contributed by atoms with van der Waals surface area (Å²) in [5.74, 6) is 1.23. The van der Waals surface area contributed by atoms with Crippen LogP contribution in [0.2, 0.25) is 0 Å². The fraction of sp³-hybridized carbons (Fsp3) is 0.455. The number of aliphatic imine (C=N–C) groups is 1. The van der Waals surface area contributed by atoms with Gasteiger partial charge in [0.25, 0.3) is 0 Å². The molecule has 1 unspecified atom stereocenters. The molecule has 0 spiro atoms. The molecule has 2 N–H and O–H groups in total. The maximum atomic E-state index is 13.2. The van der Waals surface area contributed by atoms with E-state index in [9.17, 15) is 4.39 Å². The number of hydrogen-bond acceptors (Lipinski definition) is 5. The van der Waals surface area contributed by atoms with Gasteiger partial charge in [-0.3, -0.25) is 0 Å². The van der Waals surface area contributed by atoms with Gasteiger partial charge in [0.1, 0.15) is 11.6 Å². The first-order valence-electron chi connectivity index (χ1n) is 10.3. The van der Waals surface area contributed by atoms with Crippen LogP contribution in [0.3, 0.4) is 0 Å². The number of rotatable bonds is 10. The highest BCUT2D eigenvalue weighted by molar-refractivity contribution is 5.79. The molecule has 8 heteroatoms. The fourth-order valence-electron chi connectivity index (χ4n) is 2.90. The molecule has 30 heavy (non-hydrogen) atoms. The van der Waals surface area contributed by atoms with E-state index in [0.717, 1.165) is 44.1 Å². The number of nitrogens with one attached hydrogen (secondary N) is 2. The molecule has 7 nitrogen and oxygen atoms in total. The minimum atomic E-state index is -0.346. The van der Waals surface area contributed by atoms with Gasteiger partial charge in [-0.05, 0) is 37.5 Å². The number of halogens is 1. The van der Waals surface area contributed by atoms with Gasteiger partial charge in [-0.25, -0.2) is 14.4 Å². The Morgan fingerprint density at radius 3 is 2.97 bits per heavy atom. The average molecular weight is 416 g/mol. The van der Waals surface area contributed by atoms with Crippen LogP contribution in [0.4, 0.5) is 4.39 Å². The van der Waals surface area contributed by atoms with E-state index in [1.807, 2.05) is 13.0 Å². The summed E-state index contributed by atoms with van der Waals surface area (Å²) in [5, 5.41) is 6.54. The Kier molecular flexibility index (Phi) is 8.86. The van der Waals surface area contributed by atoms with Crippen molar-refractivity contribution in [2.24, 2.45) is 4.99 Å². The number of aromatic nitrogens is 1. The van der Waals surface area contributed by atoms with Crippen molar-refractivity contribution in [3.63, 3.8) is 0 Å². The first-order valence-corrected chi connectivity index (χ1v) is 10.3. The van der Waals surface area contributed by atoms with Crippen LogP contribution in [0.1, 0.15) is 25.3 Å². The van der Waals surface area contributed by atoms with Crippen molar-refractivity contribution in [1.29, 1.82) is 0 Å². The quantitative estimate of drug-likeness (QED) is 0.352. The Morgan fingerprint density at radius 2 is 2.23 bits per heavy atom. The summed E-state index contributed by atoms with van der Waals surface area (Å²) >= 11 is 0. The number of pyridine rings is 1. The predicted octanol–water partition coefficient (Wildman–Crippen LogP) is 3.26. The second-order valence-corrected chi connectivity index (χ2v) is 6.90. The van der Waals surface area contributed by atoms with Crippen molar-refractivity contribution in [2.45, 2.75) is 32.4 Å². The number of guanidine groups is 1. The van der Waals surface area contributed by atoms with Gasteiger partial charge in [-0.15, -0.1) is 0 Å². The lowest BCUT2D eigenvalue weighted by molar-refractivity contribution is 0.0420. The summed E-state index contributed by atoms with van der Waals surface area (Å²) in [6.45, 7) is 6.28. The molecule has 1 aromatic carbocycles. The zero-order chi connectivity index (χ0) is 21.0. The third kappa shape index (κ3) is 7.61. The molecule has 2 heterocycles. The van der Waals surface area contributed by atoms with E-state index in [1.165, 1.54) is 12.1 Å². The van der Waals surface area contributed by atoms with Crippen LogP contribution in [-0.4, -0.2) is 50.0 Å². The molecular formula is C22H29FN4O3. The van der Waals surface area contributed by atoms with Crippen LogP contribution in [-0.2, 0) is 16.0 Å². The molecule has 1 aromatic heterocycles. The van der Waals surface area contributed by atoms with Gasteiger partial charge in [0.2, 0.25) is 5.88 Å². The van der Waals surface area contributed by atoms with Crippen LogP contribution >= 0.6 is 0 Å². The summed E-state index contributed by atoms with van der Waals surface area (Å²) < 4.78 is 29.9. The average Bonchev–Trinajstić information content (AvgIpc) is 3.26. The van der Waals surface area contributed by atoms with Crippen LogP contribution < -0.4 is 15.4 Å². The Morgan fingerprint density at radius 1 is 1.30 bits per heavy atom. The smallest absolute Gasteiger partial charge is 0.219 e. The van der Waals surface area contributed by atoms with Gasteiger partial charge in [0.05, 0.1) is 19.3 Å². The SMILES string of the molecule is CCNC(=NCc1ccc(Oc2cccc(F)c2)nc1)NCCCOC1CCOC1. The predicted molar refractivity (Wildman–Crippen MR) is 113 cm³/mol. The second-order valence-electron chi connectivity index (χ2n) is 6.90. The molecule has 1 saturated heterocycles. The normalized spacial score (nSPS) is 16.5. The minimum absolute atomic E-state index is 0.243. The summed E-state index contributed by atoms with van der Waals surface area (Å²) in [4.78, 5) is 8.86. The summed E-state index contributed by atoms with van der Waals surface area (Å²) in [6, 6.07) is 9.62. The maximum absolute atomic E-state index is 13.2. The third-order valence-corrected chi connectivity index (χ3v) is 4.44. The Balaban J connectivity index is 1.42. The second kappa shape index (κ2) is 12.1. The molecule has 0 amide bonds. The minimum Gasteiger partial charge on any atom is -0.439 e. The molecule has 0 radical (unpaired) electrons. The number of benzene rings is 1. The van der Waals surface area contributed by atoms with E-state index in [0.29, 0.717) is 31.4 Å².